The van der Waals surface area contributed by atoms with Gasteiger partial charge in [0.15, 0.2) is 0 Å². The molecule has 0 radical (unpaired) electrons. The lowest BCUT2D eigenvalue weighted by atomic mass is 9.81. The molecule has 0 fully saturated rings. The summed E-state index contributed by atoms with van der Waals surface area (Å²) in [6, 6.07) is 13.4. The zero-order valence-electron chi connectivity index (χ0n) is 19.3. The lowest BCUT2D eigenvalue weighted by Crippen LogP contribution is -2.24. The number of rotatable bonds is 5. The van der Waals surface area contributed by atoms with Gasteiger partial charge in [0.05, 0.1) is 17.8 Å². The number of pyridine rings is 1. The maximum atomic E-state index is 13.1. The molecule has 3 N–H and O–H groups in total. The fourth-order valence-corrected chi connectivity index (χ4v) is 5.65. The second kappa shape index (κ2) is 8.77. The molecule has 1 aliphatic carbocycles. The SMILES string of the molecule is CCOC(=O)c1c2c3c(c(Nc4ccc(Cl)cc4S(=O)(=O)O)cc(C)c3[nH]c1=O)Cc1ccccc1-2. The third kappa shape index (κ3) is 3.95. The molecule has 5 rings (SSSR count). The Bertz CT molecular complexity index is 1740. The minimum atomic E-state index is -4.58. The Morgan fingerprint density at radius 3 is 2.64 bits per heavy atom. The monoisotopic (exact) mass is 524 g/mol. The van der Waals surface area contributed by atoms with Crippen LogP contribution in [0.3, 0.4) is 0 Å². The molecule has 0 aliphatic heterocycles. The molecule has 36 heavy (non-hydrogen) atoms. The van der Waals surface area contributed by atoms with Crippen LogP contribution in [0.2, 0.25) is 5.02 Å². The number of aromatic amines is 1. The first-order valence-electron chi connectivity index (χ1n) is 11.1. The normalized spacial score (nSPS) is 12.3. The summed E-state index contributed by atoms with van der Waals surface area (Å²) in [5.41, 5.74) is 4.21. The van der Waals surface area contributed by atoms with Crippen LogP contribution in [0, 0.1) is 6.92 Å². The predicted octanol–water partition coefficient (Wildman–Crippen LogP) is 5.23. The molecule has 0 bridgehead atoms. The van der Waals surface area contributed by atoms with Gasteiger partial charge in [-0.25, -0.2) is 4.79 Å². The molecular weight excluding hydrogens is 504 g/mol. The first-order valence-corrected chi connectivity index (χ1v) is 12.9. The number of fused-ring (bicyclic) bond motifs is 2. The van der Waals surface area contributed by atoms with Crippen LogP contribution in [0.25, 0.3) is 22.0 Å². The number of aromatic nitrogens is 1. The summed E-state index contributed by atoms with van der Waals surface area (Å²) >= 11 is 5.98. The van der Waals surface area contributed by atoms with Crippen molar-refractivity contribution in [3.05, 3.63) is 86.2 Å². The Kier molecular flexibility index (Phi) is 5.86. The number of hydrogen-bond donors (Lipinski definition) is 3. The van der Waals surface area contributed by atoms with Crippen molar-refractivity contribution < 1.29 is 22.5 Å². The molecule has 8 nitrogen and oxygen atoms in total. The number of anilines is 2. The van der Waals surface area contributed by atoms with Crippen LogP contribution in [0.4, 0.5) is 11.4 Å². The average molecular weight is 525 g/mol. The Labute approximate surface area is 211 Å². The zero-order chi connectivity index (χ0) is 25.8. The number of esters is 1. The number of benzene rings is 3. The van der Waals surface area contributed by atoms with Crippen molar-refractivity contribution >= 4 is 50.0 Å². The molecule has 1 aliphatic rings. The molecule has 0 saturated carbocycles. The van der Waals surface area contributed by atoms with Gasteiger partial charge in [0.25, 0.3) is 15.7 Å². The van der Waals surface area contributed by atoms with Gasteiger partial charge in [-0.15, -0.1) is 0 Å². The zero-order valence-corrected chi connectivity index (χ0v) is 20.9. The summed E-state index contributed by atoms with van der Waals surface area (Å²) in [4.78, 5) is 28.5. The Morgan fingerprint density at radius 2 is 1.92 bits per heavy atom. The molecule has 1 aromatic heterocycles. The van der Waals surface area contributed by atoms with Gasteiger partial charge in [0.2, 0.25) is 0 Å². The number of nitrogens with one attached hydrogen (secondary N) is 2. The van der Waals surface area contributed by atoms with Gasteiger partial charge in [-0.2, -0.15) is 8.42 Å². The molecule has 0 amide bonds. The van der Waals surface area contributed by atoms with Crippen molar-refractivity contribution in [3.8, 4) is 11.1 Å². The van der Waals surface area contributed by atoms with E-state index in [1.807, 2.05) is 24.3 Å². The van der Waals surface area contributed by atoms with Crippen LogP contribution in [0.1, 0.15) is 34.0 Å². The minimum Gasteiger partial charge on any atom is -0.462 e. The average Bonchev–Trinajstić information content (AvgIpc) is 2.82. The Morgan fingerprint density at radius 1 is 1.17 bits per heavy atom. The van der Waals surface area contributed by atoms with Gasteiger partial charge in [-0.3, -0.25) is 9.35 Å². The quantitative estimate of drug-likeness (QED) is 0.212. The van der Waals surface area contributed by atoms with E-state index in [1.165, 1.54) is 12.1 Å². The summed E-state index contributed by atoms with van der Waals surface area (Å²) in [7, 11) is -4.58. The third-order valence-corrected chi connectivity index (χ3v) is 7.35. The highest BCUT2D eigenvalue weighted by Crippen LogP contribution is 2.44. The van der Waals surface area contributed by atoms with Crippen LogP contribution in [0.15, 0.2) is 58.2 Å². The van der Waals surface area contributed by atoms with Crippen molar-refractivity contribution in [2.75, 3.05) is 11.9 Å². The number of hydrogen-bond acceptors (Lipinski definition) is 6. The van der Waals surface area contributed by atoms with Crippen molar-refractivity contribution in [1.82, 2.24) is 4.98 Å². The number of halogens is 1. The highest BCUT2D eigenvalue weighted by Gasteiger charge is 2.30. The minimum absolute atomic E-state index is 0.0839. The fraction of sp³-hybridized carbons (Fsp3) is 0.154. The topological polar surface area (TPSA) is 126 Å². The molecule has 0 unspecified atom stereocenters. The summed E-state index contributed by atoms with van der Waals surface area (Å²) in [6.45, 7) is 3.59. The summed E-state index contributed by atoms with van der Waals surface area (Å²) in [5.74, 6) is -0.722. The number of ether oxygens (including phenoxy) is 1. The number of H-pyrrole nitrogens is 1. The lowest BCUT2D eigenvalue weighted by Gasteiger charge is -2.26. The molecule has 0 spiro atoms. The van der Waals surface area contributed by atoms with E-state index in [0.29, 0.717) is 34.1 Å². The summed E-state index contributed by atoms with van der Waals surface area (Å²) in [5, 5.41) is 3.95. The van der Waals surface area contributed by atoms with Crippen molar-refractivity contribution in [2.45, 2.75) is 25.2 Å². The Balaban J connectivity index is 1.85. The molecular formula is C26H21ClN2O6S. The second-order valence-electron chi connectivity index (χ2n) is 8.47. The molecule has 1 heterocycles. The summed E-state index contributed by atoms with van der Waals surface area (Å²) < 4.78 is 39.1. The van der Waals surface area contributed by atoms with Crippen LogP contribution in [0.5, 0.6) is 0 Å². The van der Waals surface area contributed by atoms with E-state index in [9.17, 15) is 22.6 Å². The maximum Gasteiger partial charge on any atom is 0.344 e. The van der Waals surface area contributed by atoms with E-state index < -0.39 is 21.6 Å². The largest absolute Gasteiger partial charge is 0.462 e. The predicted molar refractivity (Wildman–Crippen MR) is 138 cm³/mol. The maximum absolute atomic E-state index is 13.1. The molecule has 0 saturated heterocycles. The van der Waals surface area contributed by atoms with Crippen LogP contribution in [-0.4, -0.2) is 30.5 Å². The molecule has 4 aromatic rings. The van der Waals surface area contributed by atoms with E-state index in [4.69, 9.17) is 16.3 Å². The van der Waals surface area contributed by atoms with Gasteiger partial charge in [-0.05, 0) is 60.4 Å². The van der Waals surface area contributed by atoms with Crippen molar-refractivity contribution in [1.29, 1.82) is 0 Å². The van der Waals surface area contributed by atoms with E-state index in [1.54, 1.807) is 19.9 Å². The molecule has 184 valence electrons. The molecule has 3 aromatic carbocycles. The summed E-state index contributed by atoms with van der Waals surface area (Å²) in [6.07, 6.45) is 0.450. The van der Waals surface area contributed by atoms with Crippen LogP contribution < -0.4 is 10.9 Å². The van der Waals surface area contributed by atoms with Gasteiger partial charge in [-0.1, -0.05) is 35.9 Å². The number of carbonyl (C=O) groups excluding carboxylic acids is 1. The van der Waals surface area contributed by atoms with E-state index in [-0.39, 0.29) is 27.8 Å². The number of carbonyl (C=O) groups is 1. The highest BCUT2D eigenvalue weighted by molar-refractivity contribution is 7.86. The number of aryl methyl sites for hydroxylation is 1. The second-order valence-corrected chi connectivity index (χ2v) is 10.3. The van der Waals surface area contributed by atoms with Crippen molar-refractivity contribution in [3.63, 3.8) is 0 Å². The van der Waals surface area contributed by atoms with Gasteiger partial charge < -0.3 is 15.0 Å². The lowest BCUT2D eigenvalue weighted by molar-refractivity contribution is 0.0525. The van der Waals surface area contributed by atoms with E-state index in [0.717, 1.165) is 22.8 Å². The van der Waals surface area contributed by atoms with Crippen LogP contribution in [-0.2, 0) is 21.3 Å². The van der Waals surface area contributed by atoms with Crippen LogP contribution >= 0.6 is 11.6 Å². The first-order chi connectivity index (χ1) is 17.1. The van der Waals surface area contributed by atoms with E-state index in [2.05, 4.69) is 10.3 Å². The van der Waals surface area contributed by atoms with Gasteiger partial charge in [0, 0.05) is 28.1 Å². The molecule has 0 atom stereocenters. The van der Waals surface area contributed by atoms with Gasteiger partial charge >= 0.3 is 5.97 Å². The Hall–Kier alpha value is -3.66. The third-order valence-electron chi connectivity index (χ3n) is 6.22. The highest BCUT2D eigenvalue weighted by atomic mass is 35.5. The standard InChI is InChI=1S/C26H21ClN2O6S/c1-3-35-26(31)23-21-16-7-5-4-6-14(16)11-17-19(10-13(2)24(22(17)21)29-25(23)30)28-18-9-8-15(27)12-20(18)36(32,33)34/h4-10,12,28H,3,11H2,1-2H3,(H,29,30)(H,32,33,34). The van der Waals surface area contributed by atoms with E-state index >= 15 is 0 Å². The smallest absolute Gasteiger partial charge is 0.344 e. The fourth-order valence-electron chi connectivity index (χ4n) is 4.74. The first kappa shape index (κ1) is 24.1. The van der Waals surface area contributed by atoms with Gasteiger partial charge in [0.1, 0.15) is 10.5 Å². The molecule has 10 heteroatoms. The van der Waals surface area contributed by atoms with Crippen molar-refractivity contribution in [2.24, 2.45) is 0 Å².